The van der Waals surface area contributed by atoms with Gasteiger partial charge in [0.05, 0.1) is 16.4 Å². The molecule has 33 heavy (non-hydrogen) atoms. The fourth-order valence-corrected chi connectivity index (χ4v) is 5.14. The van der Waals surface area contributed by atoms with Crippen molar-refractivity contribution in [2.45, 2.75) is 17.7 Å². The molecule has 1 heterocycles. The van der Waals surface area contributed by atoms with Crippen LogP contribution in [0.4, 0.5) is 15.8 Å². The number of anilines is 2. The van der Waals surface area contributed by atoms with Crippen molar-refractivity contribution in [1.82, 2.24) is 9.84 Å². The Morgan fingerprint density at radius 3 is 2.55 bits per heavy atom. The number of nitrogens with two attached hydrogens (primary N) is 1. The van der Waals surface area contributed by atoms with Crippen molar-refractivity contribution in [3.63, 3.8) is 0 Å². The average molecular weight is 515 g/mol. The van der Waals surface area contributed by atoms with E-state index in [2.05, 4.69) is 9.82 Å². The zero-order chi connectivity index (χ0) is 24.3. The van der Waals surface area contributed by atoms with E-state index in [1.807, 2.05) is 0 Å². The number of phenolic OH excluding ortho intramolecular Hbond substituents is 1. The van der Waals surface area contributed by atoms with Crippen molar-refractivity contribution >= 4 is 56.3 Å². The molecule has 1 aliphatic rings. The summed E-state index contributed by atoms with van der Waals surface area (Å²) in [5.41, 5.74) is 5.47. The second-order valence-corrected chi connectivity index (χ2v) is 9.23. The van der Waals surface area contributed by atoms with Gasteiger partial charge in [-0.1, -0.05) is 29.3 Å². The molecule has 4 N–H and O–H groups in total. The standard InChI is InChI=1S/C19H17Cl2FN6O4S/c20-12-4-5-15(28(19(24)25-10-23)14-3-1-2-13(22)16(14)21)17(30)18(12)33(31,32)26-27-8-6-11(29)7-9-27/h1-5,26,30H,6-9H2,(H2,24,25). The van der Waals surface area contributed by atoms with Gasteiger partial charge in [0.15, 0.2) is 5.75 Å². The van der Waals surface area contributed by atoms with Gasteiger partial charge in [-0.05, 0) is 24.3 Å². The quantitative estimate of drug-likeness (QED) is 0.312. The molecule has 0 unspecified atom stereocenters. The van der Waals surface area contributed by atoms with Crippen LogP contribution in [0.2, 0.25) is 10.0 Å². The van der Waals surface area contributed by atoms with Crippen LogP contribution in [0.1, 0.15) is 12.8 Å². The summed E-state index contributed by atoms with van der Waals surface area (Å²) in [5.74, 6) is -2.19. The summed E-state index contributed by atoms with van der Waals surface area (Å²) in [6, 6.07) is 6.08. The molecule has 10 nitrogen and oxygen atoms in total. The monoisotopic (exact) mass is 514 g/mol. The van der Waals surface area contributed by atoms with Crippen molar-refractivity contribution in [2.75, 3.05) is 18.0 Å². The number of piperidine rings is 1. The van der Waals surface area contributed by atoms with Crippen LogP contribution in [-0.4, -0.2) is 43.4 Å². The number of halogens is 3. The summed E-state index contributed by atoms with van der Waals surface area (Å²) in [7, 11) is -4.43. The molecule has 1 saturated heterocycles. The highest BCUT2D eigenvalue weighted by Crippen LogP contribution is 2.43. The van der Waals surface area contributed by atoms with Gasteiger partial charge in [0.1, 0.15) is 21.5 Å². The predicted octanol–water partition coefficient (Wildman–Crippen LogP) is 2.63. The van der Waals surface area contributed by atoms with Gasteiger partial charge in [-0.3, -0.25) is 9.69 Å². The van der Waals surface area contributed by atoms with Crippen molar-refractivity contribution < 1.29 is 22.7 Å². The van der Waals surface area contributed by atoms with Crippen LogP contribution in [0.5, 0.6) is 5.75 Å². The fourth-order valence-electron chi connectivity index (χ4n) is 3.18. The summed E-state index contributed by atoms with van der Waals surface area (Å²) in [5, 5.41) is 20.4. The molecule has 0 bridgehead atoms. The topological polar surface area (TPSA) is 152 Å². The Labute approximate surface area is 198 Å². The second kappa shape index (κ2) is 9.90. The largest absolute Gasteiger partial charge is 0.504 e. The summed E-state index contributed by atoms with van der Waals surface area (Å²) < 4.78 is 40.2. The molecule has 0 aliphatic carbocycles. The number of guanidine groups is 1. The lowest BCUT2D eigenvalue weighted by Crippen LogP contribution is -2.46. The van der Waals surface area contributed by atoms with Crippen molar-refractivity contribution in [3.8, 4) is 11.9 Å². The number of carbonyl (C=O) groups excluding carboxylic acids is 1. The Hall–Kier alpha value is -2.95. The molecule has 0 aromatic heterocycles. The lowest BCUT2D eigenvalue weighted by molar-refractivity contribution is -0.121. The molecule has 2 aromatic carbocycles. The van der Waals surface area contributed by atoms with Gasteiger partial charge in [0.2, 0.25) is 12.2 Å². The molecule has 3 rings (SSSR count). The number of carbonyl (C=O) groups is 1. The first-order valence-electron chi connectivity index (χ1n) is 9.33. The van der Waals surface area contributed by atoms with E-state index in [1.165, 1.54) is 35.5 Å². The maximum Gasteiger partial charge on any atom is 0.258 e. The summed E-state index contributed by atoms with van der Waals surface area (Å²) in [6.45, 7) is 0.284. The maximum absolute atomic E-state index is 14.1. The van der Waals surface area contributed by atoms with E-state index >= 15 is 0 Å². The number of nitrogens with one attached hydrogen (secondary N) is 1. The number of sulfonamides is 1. The first-order valence-corrected chi connectivity index (χ1v) is 11.6. The number of phenols is 1. The molecule has 0 atom stereocenters. The lowest BCUT2D eigenvalue weighted by atomic mass is 10.1. The summed E-state index contributed by atoms with van der Waals surface area (Å²) in [4.78, 5) is 17.3. The average Bonchev–Trinajstić information content (AvgIpc) is 2.74. The third kappa shape index (κ3) is 5.18. The number of ketones is 1. The van der Waals surface area contributed by atoms with E-state index in [0.717, 1.165) is 11.0 Å². The van der Waals surface area contributed by atoms with Crippen molar-refractivity contribution in [2.24, 2.45) is 10.7 Å². The molecular formula is C19H17Cl2FN6O4S. The highest BCUT2D eigenvalue weighted by atomic mass is 35.5. The highest BCUT2D eigenvalue weighted by Gasteiger charge is 2.31. The SMILES string of the molecule is N#CN=C(N)N(c1ccc(Cl)c(S(=O)(=O)NN2CCC(=O)CC2)c1O)c1cccc(F)c1Cl. The number of hydrazine groups is 1. The minimum absolute atomic E-state index is 0.00296. The third-order valence-electron chi connectivity index (χ3n) is 4.71. The van der Waals surface area contributed by atoms with Gasteiger partial charge in [0, 0.05) is 25.9 Å². The van der Waals surface area contributed by atoms with Gasteiger partial charge >= 0.3 is 0 Å². The number of hydrogen-bond donors (Lipinski definition) is 3. The Morgan fingerprint density at radius 2 is 1.91 bits per heavy atom. The van der Waals surface area contributed by atoms with Gasteiger partial charge in [-0.25, -0.2) is 17.8 Å². The van der Waals surface area contributed by atoms with E-state index in [4.69, 9.17) is 34.2 Å². The lowest BCUT2D eigenvalue weighted by Gasteiger charge is -2.28. The van der Waals surface area contributed by atoms with Crippen LogP contribution in [0.25, 0.3) is 0 Å². The molecule has 0 spiro atoms. The third-order valence-corrected chi connectivity index (χ3v) is 6.96. The highest BCUT2D eigenvalue weighted by molar-refractivity contribution is 7.89. The molecular weight excluding hydrogens is 498 g/mol. The van der Waals surface area contributed by atoms with E-state index in [0.29, 0.717) is 0 Å². The van der Waals surface area contributed by atoms with Gasteiger partial charge < -0.3 is 10.8 Å². The Bertz CT molecular complexity index is 1270. The first kappa shape index (κ1) is 24.7. The van der Waals surface area contributed by atoms with Gasteiger partial charge in [-0.15, -0.1) is 9.82 Å². The Kier molecular flexibility index (Phi) is 7.41. The van der Waals surface area contributed by atoms with E-state index in [9.17, 15) is 22.7 Å². The van der Waals surface area contributed by atoms with Gasteiger partial charge in [-0.2, -0.15) is 5.26 Å². The van der Waals surface area contributed by atoms with E-state index in [1.54, 1.807) is 0 Å². The van der Waals surface area contributed by atoms with Crippen LogP contribution >= 0.6 is 23.2 Å². The molecule has 174 valence electrons. The number of benzene rings is 2. The second-order valence-electron chi connectivity index (χ2n) is 6.84. The Balaban J connectivity index is 2.14. The zero-order valence-electron chi connectivity index (χ0n) is 16.8. The smallest absolute Gasteiger partial charge is 0.258 e. The number of nitriles is 1. The molecule has 0 amide bonds. The maximum atomic E-state index is 14.1. The molecule has 2 aromatic rings. The molecule has 0 saturated carbocycles. The molecule has 1 fully saturated rings. The van der Waals surface area contributed by atoms with Crippen LogP contribution in [-0.2, 0) is 14.8 Å². The first-order chi connectivity index (χ1) is 15.6. The molecule has 1 aliphatic heterocycles. The minimum Gasteiger partial charge on any atom is -0.504 e. The normalized spacial score (nSPS) is 15.3. The van der Waals surface area contributed by atoms with Crippen molar-refractivity contribution in [3.05, 3.63) is 46.2 Å². The zero-order valence-corrected chi connectivity index (χ0v) is 19.1. The predicted molar refractivity (Wildman–Crippen MR) is 120 cm³/mol. The van der Waals surface area contributed by atoms with Crippen LogP contribution in [0.3, 0.4) is 0 Å². The Morgan fingerprint density at radius 1 is 1.24 bits per heavy atom. The number of rotatable bonds is 5. The van der Waals surface area contributed by atoms with Crippen LogP contribution < -0.4 is 15.5 Å². The minimum atomic E-state index is -4.43. The number of aromatic hydroxyl groups is 1. The number of aliphatic imine (C=N–C) groups is 1. The number of Topliss-reactive ketones (excluding diaryl/α,β-unsaturated/α-hetero) is 1. The van der Waals surface area contributed by atoms with E-state index < -0.39 is 37.5 Å². The number of hydrogen-bond acceptors (Lipinski definition) is 7. The van der Waals surface area contributed by atoms with Crippen molar-refractivity contribution in [1.29, 1.82) is 5.26 Å². The molecule has 0 radical (unpaired) electrons. The fraction of sp³-hybridized carbons (Fsp3) is 0.211. The summed E-state index contributed by atoms with van der Waals surface area (Å²) >= 11 is 12.2. The van der Waals surface area contributed by atoms with Crippen LogP contribution in [0.15, 0.2) is 40.2 Å². The van der Waals surface area contributed by atoms with Gasteiger partial charge in [0.25, 0.3) is 10.0 Å². The molecule has 14 heteroatoms. The van der Waals surface area contributed by atoms with Crippen LogP contribution in [0, 0.1) is 17.3 Å². The number of nitrogens with zero attached hydrogens (tertiary/aromatic N) is 4. The summed E-state index contributed by atoms with van der Waals surface area (Å²) in [6.07, 6.45) is 1.79. The van der Waals surface area contributed by atoms with E-state index in [-0.39, 0.29) is 48.1 Å².